The Balaban J connectivity index is 2.22. The zero-order chi connectivity index (χ0) is 12.0. The van der Waals surface area contributed by atoms with E-state index in [1.54, 1.807) is 0 Å². The van der Waals surface area contributed by atoms with E-state index in [2.05, 4.69) is 32.9 Å². The van der Waals surface area contributed by atoms with Gasteiger partial charge in [-0.3, -0.25) is 4.79 Å². The second kappa shape index (κ2) is 6.67. The molecule has 1 heteroatoms. The summed E-state index contributed by atoms with van der Waals surface area (Å²) in [5.74, 6) is 0.842. The summed E-state index contributed by atoms with van der Waals surface area (Å²) in [5, 5.41) is 0. The number of rotatable bonds is 6. The van der Waals surface area contributed by atoms with Crippen LogP contribution >= 0.6 is 0 Å². The van der Waals surface area contributed by atoms with Crippen LogP contribution in [-0.4, -0.2) is 5.78 Å². The summed E-state index contributed by atoms with van der Waals surface area (Å²) in [4.78, 5) is 11.7. The first-order valence-electron chi connectivity index (χ1n) is 6.41. The van der Waals surface area contributed by atoms with Crippen LogP contribution in [0.25, 0.3) is 0 Å². The summed E-state index contributed by atoms with van der Waals surface area (Å²) in [6.45, 7) is 6.38. The van der Waals surface area contributed by atoms with E-state index in [0.29, 0.717) is 18.1 Å². The fraction of sp³-hybridized carbons (Fsp3) is 0.667. The Morgan fingerprint density at radius 3 is 2.38 bits per heavy atom. The predicted molar refractivity (Wildman–Crippen MR) is 69.4 cm³/mol. The second-order valence-corrected chi connectivity index (χ2v) is 5.17. The fourth-order valence-corrected chi connectivity index (χ4v) is 1.86. The third-order valence-corrected chi connectivity index (χ3v) is 3.30. The van der Waals surface area contributed by atoms with Gasteiger partial charge < -0.3 is 0 Å². The first-order chi connectivity index (χ1) is 7.59. The van der Waals surface area contributed by atoms with Gasteiger partial charge in [-0.05, 0) is 46.5 Å². The number of hydrogen-bond donors (Lipinski definition) is 0. The molecule has 0 saturated heterocycles. The van der Waals surface area contributed by atoms with Gasteiger partial charge in [-0.2, -0.15) is 0 Å². The number of hydrogen-bond acceptors (Lipinski definition) is 1. The Labute approximate surface area is 99.6 Å². The van der Waals surface area contributed by atoms with E-state index < -0.39 is 0 Å². The van der Waals surface area contributed by atoms with Crippen LogP contribution in [0.5, 0.6) is 0 Å². The molecular weight excluding hydrogens is 196 g/mol. The summed E-state index contributed by atoms with van der Waals surface area (Å²) < 4.78 is 0. The van der Waals surface area contributed by atoms with E-state index >= 15 is 0 Å². The maximum Gasteiger partial charge on any atom is 0.139 e. The molecular formula is C15H24O. The average molecular weight is 220 g/mol. The molecule has 0 atom stereocenters. The second-order valence-electron chi connectivity index (χ2n) is 5.17. The molecule has 0 aromatic rings. The molecule has 0 unspecified atom stereocenters. The largest absolute Gasteiger partial charge is 0.299 e. The minimum absolute atomic E-state index is 0.391. The lowest BCUT2D eigenvalue weighted by atomic mass is 9.81. The van der Waals surface area contributed by atoms with Crippen LogP contribution in [0.2, 0.25) is 0 Å². The van der Waals surface area contributed by atoms with E-state index in [0.717, 1.165) is 25.7 Å². The first kappa shape index (κ1) is 13.2. The van der Waals surface area contributed by atoms with Gasteiger partial charge in [0.1, 0.15) is 5.78 Å². The Morgan fingerprint density at radius 1 is 1.19 bits per heavy atom. The van der Waals surface area contributed by atoms with Gasteiger partial charge in [-0.1, -0.05) is 29.7 Å². The topological polar surface area (TPSA) is 17.1 Å². The zero-order valence-corrected chi connectivity index (χ0v) is 10.9. The lowest BCUT2D eigenvalue weighted by molar-refractivity contribution is -0.124. The highest BCUT2D eigenvalue weighted by Gasteiger charge is 2.23. The van der Waals surface area contributed by atoms with Gasteiger partial charge >= 0.3 is 0 Å². The van der Waals surface area contributed by atoms with Gasteiger partial charge in [-0.15, -0.1) is 0 Å². The smallest absolute Gasteiger partial charge is 0.139 e. The molecule has 0 aromatic carbocycles. The van der Waals surface area contributed by atoms with Crippen molar-refractivity contribution in [3.63, 3.8) is 0 Å². The van der Waals surface area contributed by atoms with Gasteiger partial charge in [0.2, 0.25) is 0 Å². The van der Waals surface area contributed by atoms with Gasteiger partial charge in [0.15, 0.2) is 0 Å². The number of allylic oxidation sites excluding steroid dienone is 4. The van der Waals surface area contributed by atoms with E-state index in [4.69, 9.17) is 0 Å². The van der Waals surface area contributed by atoms with Crippen LogP contribution < -0.4 is 0 Å². The van der Waals surface area contributed by atoms with Crippen LogP contribution in [-0.2, 0) is 4.79 Å². The number of carbonyl (C=O) groups excluding carboxylic acids is 1. The van der Waals surface area contributed by atoms with E-state index in [9.17, 15) is 4.79 Å². The molecule has 0 heterocycles. The van der Waals surface area contributed by atoms with E-state index in [1.165, 1.54) is 17.6 Å². The fourth-order valence-electron chi connectivity index (χ4n) is 1.86. The number of Topliss-reactive ketones (excluding diaryl/α,β-unsaturated/α-hetero) is 1. The Bertz CT molecular complexity index is 289. The SMILES string of the molecule is CC(C)=CCC/C(C)=C/CC(=O)C1CCC1. The molecule has 1 aliphatic rings. The standard InChI is InChI=1S/C15H24O/c1-12(2)6-4-7-13(3)10-11-15(16)14-8-5-9-14/h6,10,14H,4-5,7-9,11H2,1-3H3/b13-10+. The molecule has 0 bridgehead atoms. The summed E-state index contributed by atoms with van der Waals surface area (Å²) in [7, 11) is 0. The van der Waals surface area contributed by atoms with Crippen molar-refractivity contribution < 1.29 is 4.79 Å². The van der Waals surface area contributed by atoms with Crippen molar-refractivity contribution in [2.24, 2.45) is 5.92 Å². The Morgan fingerprint density at radius 2 is 1.88 bits per heavy atom. The molecule has 1 rings (SSSR count). The quantitative estimate of drug-likeness (QED) is 0.605. The third kappa shape index (κ3) is 4.78. The molecule has 0 aliphatic heterocycles. The molecule has 0 N–H and O–H groups in total. The number of ketones is 1. The Hall–Kier alpha value is -0.850. The first-order valence-corrected chi connectivity index (χ1v) is 6.41. The van der Waals surface area contributed by atoms with E-state index in [-0.39, 0.29) is 0 Å². The summed E-state index contributed by atoms with van der Waals surface area (Å²) >= 11 is 0. The van der Waals surface area contributed by atoms with Crippen LogP contribution in [0.15, 0.2) is 23.3 Å². The summed E-state index contributed by atoms with van der Waals surface area (Å²) in [5.41, 5.74) is 2.73. The van der Waals surface area contributed by atoms with Crippen molar-refractivity contribution in [1.82, 2.24) is 0 Å². The molecule has 0 spiro atoms. The van der Waals surface area contributed by atoms with Gasteiger partial charge in [-0.25, -0.2) is 0 Å². The summed E-state index contributed by atoms with van der Waals surface area (Å²) in [6.07, 6.45) is 10.7. The molecule has 0 radical (unpaired) electrons. The highest BCUT2D eigenvalue weighted by Crippen LogP contribution is 2.28. The Kier molecular flexibility index (Phi) is 5.51. The van der Waals surface area contributed by atoms with Crippen molar-refractivity contribution >= 4 is 5.78 Å². The summed E-state index contributed by atoms with van der Waals surface area (Å²) in [6, 6.07) is 0. The maximum atomic E-state index is 11.7. The van der Waals surface area contributed by atoms with Crippen molar-refractivity contribution in [2.45, 2.75) is 59.3 Å². The maximum absolute atomic E-state index is 11.7. The van der Waals surface area contributed by atoms with Crippen molar-refractivity contribution in [3.05, 3.63) is 23.3 Å². The van der Waals surface area contributed by atoms with Crippen molar-refractivity contribution in [2.75, 3.05) is 0 Å². The molecule has 0 amide bonds. The van der Waals surface area contributed by atoms with Crippen LogP contribution in [0.4, 0.5) is 0 Å². The third-order valence-electron chi connectivity index (χ3n) is 3.30. The van der Waals surface area contributed by atoms with Crippen molar-refractivity contribution in [1.29, 1.82) is 0 Å². The monoisotopic (exact) mass is 220 g/mol. The number of carbonyl (C=O) groups is 1. The predicted octanol–water partition coefficient (Wildman–Crippen LogP) is 4.44. The van der Waals surface area contributed by atoms with Crippen LogP contribution in [0.1, 0.15) is 59.3 Å². The highest BCUT2D eigenvalue weighted by molar-refractivity contribution is 5.83. The normalized spacial score (nSPS) is 16.8. The molecule has 1 saturated carbocycles. The molecule has 0 aromatic heterocycles. The van der Waals surface area contributed by atoms with Crippen LogP contribution in [0.3, 0.4) is 0 Å². The molecule has 90 valence electrons. The van der Waals surface area contributed by atoms with Gasteiger partial charge in [0.25, 0.3) is 0 Å². The minimum Gasteiger partial charge on any atom is -0.299 e. The average Bonchev–Trinajstić information content (AvgIpc) is 2.11. The van der Waals surface area contributed by atoms with Crippen LogP contribution in [0, 0.1) is 5.92 Å². The van der Waals surface area contributed by atoms with Gasteiger partial charge in [0, 0.05) is 12.3 Å². The van der Waals surface area contributed by atoms with E-state index in [1.807, 2.05) is 0 Å². The minimum atomic E-state index is 0.391. The lowest BCUT2D eigenvalue weighted by Gasteiger charge is -2.23. The molecule has 1 aliphatic carbocycles. The molecule has 1 fully saturated rings. The zero-order valence-electron chi connectivity index (χ0n) is 10.9. The molecule has 16 heavy (non-hydrogen) atoms. The lowest BCUT2D eigenvalue weighted by Crippen LogP contribution is -2.21. The highest BCUT2D eigenvalue weighted by atomic mass is 16.1. The van der Waals surface area contributed by atoms with Gasteiger partial charge in [0.05, 0.1) is 0 Å². The molecule has 1 nitrogen and oxygen atoms in total. The van der Waals surface area contributed by atoms with Crippen molar-refractivity contribution in [3.8, 4) is 0 Å².